The van der Waals surface area contributed by atoms with Gasteiger partial charge in [-0.2, -0.15) is 5.10 Å². The summed E-state index contributed by atoms with van der Waals surface area (Å²) in [5.41, 5.74) is 2.41. The van der Waals surface area contributed by atoms with Crippen molar-refractivity contribution < 1.29 is 0 Å². The Labute approximate surface area is 175 Å². The van der Waals surface area contributed by atoms with Crippen LogP contribution in [0.2, 0.25) is 5.02 Å². The number of piperazine rings is 1. The van der Waals surface area contributed by atoms with E-state index in [1.807, 2.05) is 18.3 Å². The highest BCUT2D eigenvalue weighted by atomic mass is 35.5. The largest absolute Gasteiger partial charge is 0.368 e. The summed E-state index contributed by atoms with van der Waals surface area (Å²) in [6.45, 7) is 3.72. The first-order valence-electron chi connectivity index (χ1n) is 9.98. The van der Waals surface area contributed by atoms with E-state index in [0.29, 0.717) is 0 Å². The van der Waals surface area contributed by atoms with Gasteiger partial charge in [0.25, 0.3) is 0 Å². The molecule has 4 aromatic rings. The molecule has 0 unspecified atom stereocenters. The van der Waals surface area contributed by atoms with Crippen LogP contribution in [0.5, 0.6) is 0 Å². The van der Waals surface area contributed by atoms with Gasteiger partial charge in [0.05, 0.1) is 19.3 Å². The molecule has 1 aliphatic heterocycles. The Morgan fingerprint density at radius 1 is 0.724 bits per heavy atom. The van der Waals surface area contributed by atoms with E-state index in [1.165, 1.54) is 32.8 Å². The monoisotopic (exact) mass is 399 g/mol. The molecular weight excluding hydrogens is 378 g/mol. The molecule has 0 radical (unpaired) electrons. The number of hydrazone groups is 1. The summed E-state index contributed by atoms with van der Waals surface area (Å²) in [5.74, 6) is 0. The van der Waals surface area contributed by atoms with Crippen LogP contribution in [0.1, 0.15) is 5.56 Å². The standard InChI is InChI=1S/C25H22ClN3/c26-21-9-11-22(12-10-21)28-13-15-29(16-14-28)27-18-25-23-7-3-1-5-19(23)17-20-6-2-4-8-24(20)25/h1-12,17-18H,13-16H2/b27-18+. The minimum atomic E-state index is 0.777. The van der Waals surface area contributed by atoms with E-state index in [-0.39, 0.29) is 0 Å². The highest BCUT2D eigenvalue weighted by Gasteiger charge is 2.16. The molecule has 1 saturated heterocycles. The second-order valence-corrected chi connectivity index (χ2v) is 7.83. The first kappa shape index (κ1) is 18.0. The maximum atomic E-state index is 6.01. The quantitative estimate of drug-likeness (QED) is 0.320. The van der Waals surface area contributed by atoms with E-state index < -0.39 is 0 Å². The predicted molar refractivity (Wildman–Crippen MR) is 124 cm³/mol. The summed E-state index contributed by atoms with van der Waals surface area (Å²) < 4.78 is 0. The summed E-state index contributed by atoms with van der Waals surface area (Å²) >= 11 is 6.01. The lowest BCUT2D eigenvalue weighted by Crippen LogP contribution is -2.44. The molecule has 0 aliphatic carbocycles. The van der Waals surface area contributed by atoms with Gasteiger partial charge in [0.2, 0.25) is 0 Å². The molecule has 0 amide bonds. The Bertz CT molecular complexity index is 1120. The molecule has 0 atom stereocenters. The summed E-state index contributed by atoms with van der Waals surface area (Å²) in [6, 6.07) is 27.4. The van der Waals surface area contributed by atoms with Gasteiger partial charge in [0, 0.05) is 29.4 Å². The number of hydrogen-bond donors (Lipinski definition) is 0. The molecule has 4 heteroatoms. The van der Waals surface area contributed by atoms with E-state index in [1.54, 1.807) is 0 Å². The third-order valence-electron chi connectivity index (χ3n) is 5.61. The van der Waals surface area contributed by atoms with Crippen molar-refractivity contribution in [1.82, 2.24) is 5.01 Å². The SMILES string of the molecule is Clc1ccc(N2CCN(/N=C/c3c4ccccc4cc4ccccc34)CC2)cc1. The lowest BCUT2D eigenvalue weighted by Gasteiger charge is -2.34. The van der Waals surface area contributed by atoms with Crippen LogP contribution in [0.4, 0.5) is 5.69 Å². The van der Waals surface area contributed by atoms with Crippen LogP contribution in [0.15, 0.2) is 84.0 Å². The molecule has 0 spiro atoms. The maximum absolute atomic E-state index is 6.01. The van der Waals surface area contributed by atoms with E-state index in [0.717, 1.165) is 31.2 Å². The minimum Gasteiger partial charge on any atom is -0.368 e. The zero-order valence-corrected chi connectivity index (χ0v) is 16.9. The predicted octanol–water partition coefficient (Wildman–Crippen LogP) is 5.80. The van der Waals surface area contributed by atoms with Gasteiger partial charge in [-0.15, -0.1) is 0 Å². The summed E-state index contributed by atoms with van der Waals surface area (Å²) in [7, 11) is 0. The molecule has 0 saturated carbocycles. The number of halogens is 1. The van der Waals surface area contributed by atoms with Crippen molar-refractivity contribution in [1.29, 1.82) is 0 Å². The molecule has 0 bridgehead atoms. The lowest BCUT2D eigenvalue weighted by atomic mass is 9.97. The molecular formula is C25H22ClN3. The fraction of sp³-hybridized carbons (Fsp3) is 0.160. The minimum absolute atomic E-state index is 0.777. The molecule has 1 aliphatic rings. The topological polar surface area (TPSA) is 18.8 Å². The van der Waals surface area contributed by atoms with Crippen molar-refractivity contribution >= 4 is 45.0 Å². The van der Waals surface area contributed by atoms with Gasteiger partial charge in [-0.05, 0) is 51.9 Å². The van der Waals surface area contributed by atoms with Crippen LogP contribution >= 0.6 is 11.6 Å². The Kier molecular flexibility index (Phi) is 4.82. The van der Waals surface area contributed by atoms with Crippen molar-refractivity contribution in [3.05, 3.63) is 89.4 Å². The van der Waals surface area contributed by atoms with Crippen molar-refractivity contribution in [2.24, 2.45) is 5.10 Å². The van der Waals surface area contributed by atoms with Crippen LogP contribution in [-0.4, -0.2) is 37.4 Å². The van der Waals surface area contributed by atoms with E-state index in [2.05, 4.69) is 76.6 Å². The second-order valence-electron chi connectivity index (χ2n) is 7.39. The number of rotatable bonds is 3. The third kappa shape index (κ3) is 3.66. The number of benzene rings is 4. The maximum Gasteiger partial charge on any atom is 0.0555 e. The Hall–Kier alpha value is -3.04. The summed E-state index contributed by atoms with van der Waals surface area (Å²) in [5, 5.41) is 12.8. The molecule has 29 heavy (non-hydrogen) atoms. The zero-order chi connectivity index (χ0) is 19.6. The molecule has 0 aromatic heterocycles. The van der Waals surface area contributed by atoms with Gasteiger partial charge in [-0.3, -0.25) is 5.01 Å². The normalized spacial score (nSPS) is 14.9. The van der Waals surface area contributed by atoms with Gasteiger partial charge in [0.15, 0.2) is 0 Å². The van der Waals surface area contributed by atoms with E-state index >= 15 is 0 Å². The van der Waals surface area contributed by atoms with Gasteiger partial charge in [-0.1, -0.05) is 60.1 Å². The van der Waals surface area contributed by atoms with Crippen LogP contribution in [0.3, 0.4) is 0 Å². The first-order valence-corrected chi connectivity index (χ1v) is 10.4. The number of fused-ring (bicyclic) bond motifs is 2. The van der Waals surface area contributed by atoms with Crippen LogP contribution in [0.25, 0.3) is 21.5 Å². The van der Waals surface area contributed by atoms with Crippen LogP contribution in [0, 0.1) is 0 Å². The fourth-order valence-corrected chi connectivity index (χ4v) is 4.17. The van der Waals surface area contributed by atoms with Gasteiger partial charge < -0.3 is 4.90 Å². The zero-order valence-electron chi connectivity index (χ0n) is 16.1. The molecule has 1 fully saturated rings. The average molecular weight is 400 g/mol. The highest BCUT2D eigenvalue weighted by molar-refractivity contribution is 6.30. The average Bonchev–Trinajstić information content (AvgIpc) is 2.77. The van der Waals surface area contributed by atoms with Crippen molar-refractivity contribution in [3.8, 4) is 0 Å². The summed E-state index contributed by atoms with van der Waals surface area (Å²) in [6.07, 6.45) is 2.04. The second kappa shape index (κ2) is 7.76. The Balaban J connectivity index is 1.39. The van der Waals surface area contributed by atoms with Crippen molar-refractivity contribution in [2.75, 3.05) is 31.1 Å². The molecule has 3 nitrogen and oxygen atoms in total. The Morgan fingerprint density at radius 3 is 1.93 bits per heavy atom. The van der Waals surface area contributed by atoms with Crippen molar-refractivity contribution in [2.45, 2.75) is 0 Å². The van der Waals surface area contributed by atoms with E-state index in [9.17, 15) is 0 Å². The van der Waals surface area contributed by atoms with Crippen LogP contribution in [-0.2, 0) is 0 Å². The lowest BCUT2D eigenvalue weighted by molar-refractivity contribution is 0.272. The third-order valence-corrected chi connectivity index (χ3v) is 5.86. The molecule has 5 rings (SSSR count). The summed E-state index contributed by atoms with van der Waals surface area (Å²) in [4.78, 5) is 2.38. The van der Waals surface area contributed by atoms with Crippen LogP contribution < -0.4 is 4.90 Å². The van der Waals surface area contributed by atoms with Gasteiger partial charge in [-0.25, -0.2) is 0 Å². The highest BCUT2D eigenvalue weighted by Crippen LogP contribution is 2.27. The molecule has 0 N–H and O–H groups in total. The van der Waals surface area contributed by atoms with Crippen molar-refractivity contribution in [3.63, 3.8) is 0 Å². The first-order chi connectivity index (χ1) is 14.3. The van der Waals surface area contributed by atoms with Gasteiger partial charge >= 0.3 is 0 Å². The number of nitrogens with zero attached hydrogens (tertiary/aromatic N) is 3. The number of hydrogen-bond acceptors (Lipinski definition) is 3. The van der Waals surface area contributed by atoms with Gasteiger partial charge in [0.1, 0.15) is 0 Å². The smallest absolute Gasteiger partial charge is 0.0555 e. The van der Waals surface area contributed by atoms with E-state index in [4.69, 9.17) is 16.7 Å². The number of anilines is 1. The Morgan fingerprint density at radius 2 is 1.31 bits per heavy atom. The molecule has 4 aromatic carbocycles. The molecule has 144 valence electrons. The fourth-order valence-electron chi connectivity index (χ4n) is 4.05. The molecule has 1 heterocycles.